The van der Waals surface area contributed by atoms with Crippen molar-refractivity contribution in [2.45, 2.75) is 19.9 Å². The molecule has 6 heteroatoms. The lowest BCUT2D eigenvalue weighted by atomic mass is 10.2. The quantitative estimate of drug-likeness (QED) is 0.782. The van der Waals surface area contributed by atoms with Gasteiger partial charge in [-0.15, -0.1) is 5.10 Å². The summed E-state index contributed by atoms with van der Waals surface area (Å²) in [5.74, 6) is -0.192. The SMILES string of the molecule is COCCCNC(=O)c1nnn(Cc2ccccc2)c1C. The molecule has 0 saturated carbocycles. The van der Waals surface area contributed by atoms with Gasteiger partial charge in [0.25, 0.3) is 5.91 Å². The van der Waals surface area contributed by atoms with Gasteiger partial charge in [-0.05, 0) is 18.9 Å². The number of carbonyl (C=O) groups excluding carboxylic acids is 1. The zero-order valence-corrected chi connectivity index (χ0v) is 12.4. The Morgan fingerprint density at radius 2 is 2.10 bits per heavy atom. The Bertz CT molecular complexity index is 581. The average molecular weight is 288 g/mol. The molecule has 0 unspecified atom stereocenters. The second-order valence-electron chi connectivity index (χ2n) is 4.77. The number of carbonyl (C=O) groups is 1. The van der Waals surface area contributed by atoms with Gasteiger partial charge in [0.15, 0.2) is 5.69 Å². The maximum Gasteiger partial charge on any atom is 0.273 e. The molecule has 2 aromatic rings. The lowest BCUT2D eigenvalue weighted by Crippen LogP contribution is -2.26. The molecule has 0 radical (unpaired) electrons. The second-order valence-corrected chi connectivity index (χ2v) is 4.77. The van der Waals surface area contributed by atoms with Gasteiger partial charge in [-0.25, -0.2) is 4.68 Å². The molecule has 0 aliphatic carbocycles. The van der Waals surface area contributed by atoms with Gasteiger partial charge < -0.3 is 10.1 Å². The number of ether oxygens (including phenoxy) is 1. The van der Waals surface area contributed by atoms with E-state index < -0.39 is 0 Å². The zero-order valence-electron chi connectivity index (χ0n) is 12.4. The molecule has 6 nitrogen and oxygen atoms in total. The number of rotatable bonds is 7. The molecule has 0 aliphatic rings. The summed E-state index contributed by atoms with van der Waals surface area (Å²) in [6.07, 6.45) is 0.777. The minimum absolute atomic E-state index is 0.192. The van der Waals surface area contributed by atoms with E-state index in [1.54, 1.807) is 11.8 Å². The van der Waals surface area contributed by atoms with Crippen LogP contribution in [0.15, 0.2) is 30.3 Å². The first-order valence-corrected chi connectivity index (χ1v) is 6.93. The number of nitrogens with one attached hydrogen (secondary N) is 1. The van der Waals surface area contributed by atoms with Crippen LogP contribution in [-0.2, 0) is 11.3 Å². The lowest BCUT2D eigenvalue weighted by molar-refractivity contribution is 0.0943. The van der Waals surface area contributed by atoms with E-state index in [1.165, 1.54) is 0 Å². The van der Waals surface area contributed by atoms with E-state index >= 15 is 0 Å². The first-order chi connectivity index (χ1) is 10.2. The minimum atomic E-state index is -0.192. The molecule has 0 bridgehead atoms. The van der Waals surface area contributed by atoms with Crippen molar-refractivity contribution in [3.8, 4) is 0 Å². The van der Waals surface area contributed by atoms with Crippen molar-refractivity contribution in [1.29, 1.82) is 0 Å². The Labute approximate surface area is 124 Å². The van der Waals surface area contributed by atoms with Crippen LogP contribution < -0.4 is 5.32 Å². The summed E-state index contributed by atoms with van der Waals surface area (Å²) >= 11 is 0. The number of hydrogen-bond acceptors (Lipinski definition) is 4. The normalized spacial score (nSPS) is 10.6. The van der Waals surface area contributed by atoms with Gasteiger partial charge in [-0.1, -0.05) is 35.5 Å². The molecular formula is C15H20N4O2. The van der Waals surface area contributed by atoms with Crippen molar-refractivity contribution in [3.63, 3.8) is 0 Å². The maximum absolute atomic E-state index is 12.0. The van der Waals surface area contributed by atoms with Crippen molar-refractivity contribution < 1.29 is 9.53 Å². The molecule has 0 spiro atoms. The van der Waals surface area contributed by atoms with Crippen molar-refractivity contribution in [2.24, 2.45) is 0 Å². The number of methoxy groups -OCH3 is 1. The van der Waals surface area contributed by atoms with E-state index in [4.69, 9.17) is 4.74 Å². The summed E-state index contributed by atoms with van der Waals surface area (Å²) in [7, 11) is 1.64. The smallest absolute Gasteiger partial charge is 0.273 e. The fourth-order valence-electron chi connectivity index (χ4n) is 1.98. The van der Waals surface area contributed by atoms with E-state index in [0.29, 0.717) is 25.4 Å². The summed E-state index contributed by atoms with van der Waals surface area (Å²) in [5.41, 5.74) is 2.27. The fraction of sp³-hybridized carbons (Fsp3) is 0.400. The first-order valence-electron chi connectivity index (χ1n) is 6.93. The highest BCUT2D eigenvalue weighted by Gasteiger charge is 2.15. The number of nitrogens with zero attached hydrogens (tertiary/aromatic N) is 3. The molecule has 1 aromatic heterocycles. The van der Waals surface area contributed by atoms with Crippen LogP contribution in [0.2, 0.25) is 0 Å². The molecule has 1 amide bonds. The molecule has 21 heavy (non-hydrogen) atoms. The molecule has 1 aromatic carbocycles. The molecule has 0 fully saturated rings. The van der Waals surface area contributed by atoms with E-state index in [1.807, 2.05) is 37.3 Å². The Balaban J connectivity index is 1.98. The van der Waals surface area contributed by atoms with Crippen LogP contribution >= 0.6 is 0 Å². The van der Waals surface area contributed by atoms with Crippen LogP contribution in [0.4, 0.5) is 0 Å². The van der Waals surface area contributed by atoms with E-state index in [2.05, 4.69) is 15.6 Å². The molecule has 0 atom stereocenters. The van der Waals surface area contributed by atoms with Crippen LogP contribution in [-0.4, -0.2) is 41.2 Å². The molecular weight excluding hydrogens is 268 g/mol. The molecule has 0 saturated heterocycles. The van der Waals surface area contributed by atoms with Gasteiger partial charge in [0.1, 0.15) is 0 Å². The number of benzene rings is 1. The first kappa shape index (κ1) is 15.2. The molecule has 2 rings (SSSR count). The van der Waals surface area contributed by atoms with Crippen LogP contribution in [0.25, 0.3) is 0 Å². The molecule has 0 aliphatic heterocycles. The van der Waals surface area contributed by atoms with Gasteiger partial charge in [0.05, 0.1) is 12.2 Å². The summed E-state index contributed by atoms with van der Waals surface area (Å²) in [4.78, 5) is 12.0. The highest BCUT2D eigenvalue weighted by molar-refractivity contribution is 5.93. The topological polar surface area (TPSA) is 69.0 Å². The fourth-order valence-corrected chi connectivity index (χ4v) is 1.98. The third-order valence-electron chi connectivity index (χ3n) is 3.18. The van der Waals surface area contributed by atoms with Crippen molar-refractivity contribution in [3.05, 3.63) is 47.3 Å². The summed E-state index contributed by atoms with van der Waals surface area (Å²) in [5, 5.41) is 10.9. The highest BCUT2D eigenvalue weighted by Crippen LogP contribution is 2.07. The van der Waals surface area contributed by atoms with Gasteiger partial charge in [-0.2, -0.15) is 0 Å². The number of amides is 1. The molecule has 112 valence electrons. The Morgan fingerprint density at radius 3 is 2.81 bits per heavy atom. The van der Waals surface area contributed by atoms with Crippen molar-refractivity contribution >= 4 is 5.91 Å². The Hall–Kier alpha value is -2.21. The summed E-state index contributed by atoms with van der Waals surface area (Å²) in [6.45, 7) is 3.65. The van der Waals surface area contributed by atoms with Gasteiger partial charge in [-0.3, -0.25) is 4.79 Å². The number of aromatic nitrogens is 3. The zero-order chi connectivity index (χ0) is 15.1. The van der Waals surface area contributed by atoms with Gasteiger partial charge in [0, 0.05) is 20.3 Å². The predicted octanol–water partition coefficient (Wildman–Crippen LogP) is 1.40. The standard InChI is InChI=1S/C15H20N4O2/c1-12-14(15(20)16-9-6-10-21-2)17-18-19(12)11-13-7-4-3-5-8-13/h3-5,7-8H,6,9-11H2,1-2H3,(H,16,20). The van der Waals surface area contributed by atoms with Crippen LogP contribution in [0.1, 0.15) is 28.2 Å². The number of hydrogen-bond donors (Lipinski definition) is 1. The summed E-state index contributed by atoms with van der Waals surface area (Å²) < 4.78 is 6.68. The van der Waals surface area contributed by atoms with Crippen LogP contribution in [0.3, 0.4) is 0 Å². The Kier molecular flexibility index (Phi) is 5.45. The van der Waals surface area contributed by atoms with E-state index in [9.17, 15) is 4.79 Å². The van der Waals surface area contributed by atoms with Crippen LogP contribution in [0.5, 0.6) is 0 Å². The largest absolute Gasteiger partial charge is 0.385 e. The monoisotopic (exact) mass is 288 g/mol. The lowest BCUT2D eigenvalue weighted by Gasteiger charge is -2.05. The third-order valence-corrected chi connectivity index (χ3v) is 3.18. The molecule has 1 N–H and O–H groups in total. The van der Waals surface area contributed by atoms with Crippen LogP contribution in [0, 0.1) is 6.92 Å². The van der Waals surface area contributed by atoms with Gasteiger partial charge in [0.2, 0.25) is 0 Å². The summed E-state index contributed by atoms with van der Waals surface area (Å²) in [6, 6.07) is 9.96. The minimum Gasteiger partial charge on any atom is -0.385 e. The Morgan fingerprint density at radius 1 is 1.33 bits per heavy atom. The average Bonchev–Trinajstić information content (AvgIpc) is 2.86. The maximum atomic E-state index is 12.0. The third kappa shape index (κ3) is 4.13. The van der Waals surface area contributed by atoms with E-state index in [0.717, 1.165) is 17.7 Å². The van der Waals surface area contributed by atoms with Crippen molar-refractivity contribution in [1.82, 2.24) is 20.3 Å². The second kappa shape index (κ2) is 7.54. The van der Waals surface area contributed by atoms with E-state index in [-0.39, 0.29) is 5.91 Å². The predicted molar refractivity (Wildman–Crippen MR) is 79.1 cm³/mol. The highest BCUT2D eigenvalue weighted by atomic mass is 16.5. The molecule has 1 heterocycles. The van der Waals surface area contributed by atoms with Crippen molar-refractivity contribution in [2.75, 3.05) is 20.3 Å². The van der Waals surface area contributed by atoms with Gasteiger partial charge >= 0.3 is 0 Å².